The number of hydrogen-bond donors (Lipinski definition) is 1. The van der Waals surface area contributed by atoms with Gasteiger partial charge in [-0.25, -0.2) is 4.79 Å². The number of nitrogens with one attached hydrogen (secondary N) is 1. The Balaban J connectivity index is 1.91. The van der Waals surface area contributed by atoms with E-state index in [1.54, 1.807) is 79.8 Å². The number of ether oxygens (including phenoxy) is 2. The van der Waals surface area contributed by atoms with Crippen LogP contribution >= 0.6 is 0 Å². The standard InChI is InChI=1S/C25H20N2O5/c1-27-20-14-13-18(31-2)15-19(20)22(32-25(30)16-9-5-3-6-10-16)21(24(27)29)23(28)26-17-11-7-4-8-12-17/h3-15H,1-2H3,(H,26,28). The number of fused-ring (bicyclic) bond motifs is 1. The highest BCUT2D eigenvalue weighted by Crippen LogP contribution is 2.32. The maximum atomic E-state index is 13.2. The summed E-state index contributed by atoms with van der Waals surface area (Å²) in [4.78, 5) is 39.2. The van der Waals surface area contributed by atoms with Crippen molar-refractivity contribution in [2.24, 2.45) is 7.05 Å². The Labute approximate surface area is 183 Å². The Morgan fingerprint density at radius 2 is 1.56 bits per heavy atom. The van der Waals surface area contributed by atoms with E-state index in [2.05, 4.69) is 5.32 Å². The maximum Gasteiger partial charge on any atom is 0.343 e. The summed E-state index contributed by atoms with van der Waals surface area (Å²) in [6.45, 7) is 0. The van der Waals surface area contributed by atoms with Crippen LogP contribution in [0.4, 0.5) is 5.69 Å². The van der Waals surface area contributed by atoms with Crippen molar-refractivity contribution >= 4 is 28.5 Å². The van der Waals surface area contributed by atoms with Crippen LogP contribution in [0.25, 0.3) is 10.9 Å². The summed E-state index contributed by atoms with van der Waals surface area (Å²) < 4.78 is 12.3. The number of pyridine rings is 1. The number of nitrogens with zero attached hydrogens (tertiary/aromatic N) is 1. The highest BCUT2D eigenvalue weighted by Gasteiger charge is 2.25. The normalized spacial score (nSPS) is 10.6. The van der Waals surface area contributed by atoms with Gasteiger partial charge in [-0.3, -0.25) is 9.59 Å². The van der Waals surface area contributed by atoms with Gasteiger partial charge in [0.1, 0.15) is 11.3 Å². The molecule has 3 aromatic carbocycles. The van der Waals surface area contributed by atoms with E-state index in [0.717, 1.165) is 0 Å². The van der Waals surface area contributed by atoms with Crippen molar-refractivity contribution in [3.05, 3.63) is 100 Å². The molecule has 0 aliphatic carbocycles. The lowest BCUT2D eigenvalue weighted by Gasteiger charge is -2.16. The number of rotatable bonds is 5. The summed E-state index contributed by atoms with van der Waals surface area (Å²) in [5, 5.41) is 3.10. The molecule has 0 unspecified atom stereocenters. The fraction of sp³-hybridized carbons (Fsp3) is 0.0800. The van der Waals surface area contributed by atoms with Crippen molar-refractivity contribution in [1.29, 1.82) is 0 Å². The van der Waals surface area contributed by atoms with E-state index >= 15 is 0 Å². The molecule has 7 nitrogen and oxygen atoms in total. The number of hydrogen-bond acceptors (Lipinski definition) is 5. The van der Waals surface area contributed by atoms with E-state index in [1.165, 1.54) is 11.7 Å². The second kappa shape index (κ2) is 8.77. The number of methoxy groups -OCH3 is 1. The fourth-order valence-electron chi connectivity index (χ4n) is 3.37. The monoisotopic (exact) mass is 428 g/mol. The molecule has 0 spiro atoms. The number of carbonyl (C=O) groups excluding carboxylic acids is 2. The van der Waals surface area contributed by atoms with Gasteiger partial charge in [0, 0.05) is 18.1 Å². The minimum Gasteiger partial charge on any atom is -0.497 e. The Kier molecular flexibility index (Phi) is 5.72. The van der Waals surface area contributed by atoms with Gasteiger partial charge in [0.2, 0.25) is 0 Å². The van der Waals surface area contributed by atoms with Crippen LogP contribution in [0, 0.1) is 0 Å². The number of para-hydroxylation sites is 1. The zero-order valence-corrected chi connectivity index (χ0v) is 17.5. The fourth-order valence-corrected chi connectivity index (χ4v) is 3.37. The molecule has 0 saturated carbocycles. The van der Waals surface area contributed by atoms with Crippen molar-refractivity contribution < 1.29 is 19.1 Å². The average Bonchev–Trinajstić information content (AvgIpc) is 2.83. The van der Waals surface area contributed by atoms with E-state index in [1.807, 2.05) is 6.07 Å². The lowest BCUT2D eigenvalue weighted by Crippen LogP contribution is -2.30. The van der Waals surface area contributed by atoms with Crippen LogP contribution < -0.4 is 20.3 Å². The van der Waals surface area contributed by atoms with Crippen LogP contribution in [0.1, 0.15) is 20.7 Å². The molecule has 0 aliphatic rings. The van der Waals surface area contributed by atoms with Crippen LogP contribution in [0.5, 0.6) is 11.5 Å². The minimum atomic E-state index is -0.684. The van der Waals surface area contributed by atoms with Gasteiger partial charge in [-0.1, -0.05) is 36.4 Å². The van der Waals surface area contributed by atoms with Crippen molar-refractivity contribution in [1.82, 2.24) is 4.57 Å². The SMILES string of the molecule is COc1ccc2c(c1)c(OC(=O)c1ccccc1)c(C(=O)Nc1ccccc1)c(=O)n2C. The number of benzene rings is 3. The molecular weight excluding hydrogens is 408 g/mol. The van der Waals surface area contributed by atoms with Crippen LogP contribution in [-0.4, -0.2) is 23.6 Å². The van der Waals surface area contributed by atoms with Gasteiger partial charge in [0.25, 0.3) is 11.5 Å². The molecule has 1 aromatic heterocycles. The van der Waals surface area contributed by atoms with E-state index in [-0.39, 0.29) is 11.3 Å². The molecule has 1 heterocycles. The van der Waals surface area contributed by atoms with Crippen molar-refractivity contribution in [2.75, 3.05) is 12.4 Å². The average molecular weight is 428 g/mol. The van der Waals surface area contributed by atoms with Gasteiger partial charge >= 0.3 is 5.97 Å². The van der Waals surface area contributed by atoms with Crippen LogP contribution in [0.2, 0.25) is 0 Å². The number of esters is 1. The second-order valence-electron chi connectivity index (χ2n) is 7.03. The van der Waals surface area contributed by atoms with E-state index in [0.29, 0.717) is 27.9 Å². The van der Waals surface area contributed by atoms with Gasteiger partial charge in [-0.2, -0.15) is 0 Å². The molecule has 0 radical (unpaired) electrons. The third-order valence-corrected chi connectivity index (χ3v) is 5.02. The van der Waals surface area contributed by atoms with E-state index in [9.17, 15) is 14.4 Å². The summed E-state index contributed by atoms with van der Waals surface area (Å²) in [6.07, 6.45) is 0. The first kappa shape index (κ1) is 20.9. The van der Waals surface area contributed by atoms with Gasteiger partial charge in [0.15, 0.2) is 5.75 Å². The molecule has 0 aliphatic heterocycles. The van der Waals surface area contributed by atoms with E-state index in [4.69, 9.17) is 9.47 Å². The summed E-state index contributed by atoms with van der Waals surface area (Å²) in [5.41, 5.74) is 0.417. The number of aromatic nitrogens is 1. The maximum absolute atomic E-state index is 13.2. The summed E-state index contributed by atoms with van der Waals surface area (Å²) in [7, 11) is 3.06. The quantitative estimate of drug-likeness (QED) is 0.485. The zero-order chi connectivity index (χ0) is 22.7. The Bertz CT molecular complexity index is 1360. The first-order chi connectivity index (χ1) is 15.5. The molecule has 1 N–H and O–H groups in total. The van der Waals surface area contributed by atoms with Crippen molar-refractivity contribution in [2.45, 2.75) is 0 Å². The van der Waals surface area contributed by atoms with Crippen LogP contribution in [0.3, 0.4) is 0 Å². The van der Waals surface area contributed by atoms with Gasteiger partial charge < -0.3 is 19.4 Å². The van der Waals surface area contributed by atoms with Gasteiger partial charge in [-0.15, -0.1) is 0 Å². The first-order valence-corrected chi connectivity index (χ1v) is 9.84. The lowest BCUT2D eigenvalue weighted by molar-refractivity contribution is 0.0735. The highest BCUT2D eigenvalue weighted by molar-refractivity contribution is 6.10. The molecule has 0 saturated heterocycles. The predicted molar refractivity (Wildman–Crippen MR) is 122 cm³/mol. The third kappa shape index (κ3) is 3.96. The van der Waals surface area contributed by atoms with Crippen molar-refractivity contribution in [3.63, 3.8) is 0 Å². The molecule has 7 heteroatoms. The zero-order valence-electron chi connectivity index (χ0n) is 17.5. The molecule has 0 fully saturated rings. The Morgan fingerprint density at radius 1 is 0.906 bits per heavy atom. The number of carbonyl (C=O) groups is 2. The number of aryl methyl sites for hydroxylation is 1. The number of amides is 1. The minimum absolute atomic E-state index is 0.121. The van der Waals surface area contributed by atoms with Gasteiger partial charge in [-0.05, 0) is 42.5 Å². The van der Waals surface area contributed by atoms with Crippen LogP contribution in [0.15, 0.2) is 83.7 Å². The summed E-state index contributed by atoms with van der Waals surface area (Å²) in [6, 6.07) is 22.1. The smallest absolute Gasteiger partial charge is 0.343 e. The molecule has 1 amide bonds. The molecule has 0 bridgehead atoms. The Morgan fingerprint density at radius 3 is 2.22 bits per heavy atom. The molecular formula is C25H20N2O5. The van der Waals surface area contributed by atoms with Gasteiger partial charge in [0.05, 0.1) is 18.2 Å². The van der Waals surface area contributed by atoms with Crippen molar-refractivity contribution in [3.8, 4) is 11.5 Å². The highest BCUT2D eigenvalue weighted by atomic mass is 16.5. The predicted octanol–water partition coefficient (Wildman–Crippen LogP) is 4.02. The molecule has 32 heavy (non-hydrogen) atoms. The van der Waals surface area contributed by atoms with Crippen LogP contribution in [-0.2, 0) is 7.05 Å². The molecule has 4 aromatic rings. The largest absolute Gasteiger partial charge is 0.497 e. The first-order valence-electron chi connectivity index (χ1n) is 9.84. The third-order valence-electron chi connectivity index (χ3n) is 5.02. The lowest BCUT2D eigenvalue weighted by atomic mass is 10.1. The summed E-state index contributed by atoms with van der Waals surface area (Å²) >= 11 is 0. The summed E-state index contributed by atoms with van der Waals surface area (Å²) in [5.74, 6) is -0.999. The molecule has 0 atom stereocenters. The second-order valence-corrected chi connectivity index (χ2v) is 7.03. The van der Waals surface area contributed by atoms with E-state index < -0.39 is 17.4 Å². The topological polar surface area (TPSA) is 86.6 Å². The Hall–Kier alpha value is -4.39. The molecule has 160 valence electrons. The molecule has 4 rings (SSSR count). The number of anilines is 1.